The van der Waals surface area contributed by atoms with Gasteiger partial charge in [0.15, 0.2) is 0 Å². The van der Waals surface area contributed by atoms with Crippen LogP contribution in [-0.2, 0) is 16.1 Å². The third kappa shape index (κ3) is 5.58. The lowest BCUT2D eigenvalue weighted by Crippen LogP contribution is -2.58. The molecule has 0 spiro atoms. The molecule has 33 heavy (non-hydrogen) atoms. The number of carbonyl (C=O) groups is 2. The van der Waals surface area contributed by atoms with Crippen LogP contribution in [0.1, 0.15) is 74.6 Å². The third-order valence-electron chi connectivity index (χ3n) is 6.91. The van der Waals surface area contributed by atoms with E-state index < -0.39 is 6.04 Å². The van der Waals surface area contributed by atoms with Crippen LogP contribution in [-0.4, -0.2) is 40.8 Å². The minimum absolute atomic E-state index is 0.0222. The van der Waals surface area contributed by atoms with E-state index in [4.69, 9.17) is 4.74 Å². The van der Waals surface area contributed by atoms with Crippen molar-refractivity contribution in [2.75, 3.05) is 13.2 Å². The molecule has 2 amide bonds. The molecule has 2 aromatic carbocycles. The molecular weight excluding hydrogens is 412 g/mol. The molecule has 2 aliphatic rings. The number of hydrogen-bond donors (Lipinski definition) is 0. The summed E-state index contributed by atoms with van der Waals surface area (Å²) in [7, 11) is 0. The molecule has 5 heteroatoms. The zero-order valence-electron chi connectivity index (χ0n) is 20.0. The molecule has 1 saturated carbocycles. The topological polar surface area (TPSA) is 49.9 Å². The highest BCUT2D eigenvalue weighted by atomic mass is 16.5. The fraction of sp³-hybridized carbons (Fsp3) is 0.500. The summed E-state index contributed by atoms with van der Waals surface area (Å²) in [5.74, 6) is 0.873. The van der Waals surface area contributed by atoms with Gasteiger partial charge in [-0.25, -0.2) is 0 Å². The van der Waals surface area contributed by atoms with Crippen molar-refractivity contribution in [1.29, 1.82) is 0 Å². The van der Waals surface area contributed by atoms with Crippen molar-refractivity contribution in [3.63, 3.8) is 0 Å². The highest BCUT2D eigenvalue weighted by Crippen LogP contribution is 2.34. The summed E-state index contributed by atoms with van der Waals surface area (Å²) in [6, 6.07) is 15.5. The van der Waals surface area contributed by atoms with E-state index in [1.165, 1.54) is 12.0 Å². The highest BCUT2D eigenvalue weighted by molar-refractivity contribution is 5.95. The van der Waals surface area contributed by atoms with Crippen LogP contribution >= 0.6 is 0 Å². The van der Waals surface area contributed by atoms with Crippen LogP contribution in [0.25, 0.3) is 0 Å². The summed E-state index contributed by atoms with van der Waals surface area (Å²) in [6.45, 7) is 5.49. The van der Waals surface area contributed by atoms with Crippen LogP contribution in [0.4, 0.5) is 0 Å². The Labute approximate surface area is 197 Å². The van der Waals surface area contributed by atoms with E-state index >= 15 is 0 Å². The Kier molecular flexibility index (Phi) is 7.69. The highest BCUT2D eigenvalue weighted by Gasteiger charge is 2.42. The van der Waals surface area contributed by atoms with Crippen molar-refractivity contribution in [1.82, 2.24) is 9.80 Å². The first-order valence-electron chi connectivity index (χ1n) is 12.4. The van der Waals surface area contributed by atoms with Gasteiger partial charge in [-0.15, -0.1) is 0 Å². The Morgan fingerprint density at radius 1 is 0.939 bits per heavy atom. The number of benzene rings is 2. The molecular formula is C28H36N2O3. The first-order valence-corrected chi connectivity index (χ1v) is 12.4. The third-order valence-corrected chi connectivity index (χ3v) is 6.91. The maximum atomic E-state index is 13.8. The molecule has 0 aromatic heterocycles. The zero-order chi connectivity index (χ0) is 23.2. The van der Waals surface area contributed by atoms with Crippen LogP contribution in [0.5, 0.6) is 5.75 Å². The van der Waals surface area contributed by atoms with E-state index in [9.17, 15) is 9.59 Å². The maximum absolute atomic E-state index is 13.8. The van der Waals surface area contributed by atoms with Gasteiger partial charge < -0.3 is 14.5 Å². The van der Waals surface area contributed by atoms with Gasteiger partial charge in [-0.3, -0.25) is 9.59 Å². The number of ether oxygens (including phenoxy) is 1. The van der Waals surface area contributed by atoms with Gasteiger partial charge >= 0.3 is 0 Å². The number of unbranched alkanes of at least 4 members (excludes halogenated alkanes) is 1. The van der Waals surface area contributed by atoms with E-state index in [2.05, 4.69) is 19.1 Å². The van der Waals surface area contributed by atoms with Crippen LogP contribution in [0.15, 0.2) is 48.5 Å². The predicted octanol–water partition coefficient (Wildman–Crippen LogP) is 5.42. The average Bonchev–Trinajstić information content (AvgIpc) is 2.84. The van der Waals surface area contributed by atoms with Crippen LogP contribution < -0.4 is 4.74 Å². The predicted molar refractivity (Wildman–Crippen MR) is 130 cm³/mol. The smallest absolute Gasteiger partial charge is 0.250 e. The Bertz CT molecular complexity index is 933. The molecule has 2 aromatic rings. The molecule has 2 fully saturated rings. The number of aryl methyl sites for hydroxylation is 1. The van der Waals surface area contributed by atoms with E-state index in [1.807, 2.05) is 48.2 Å². The first-order chi connectivity index (χ1) is 16.1. The van der Waals surface area contributed by atoms with Crippen molar-refractivity contribution in [2.24, 2.45) is 0 Å². The first kappa shape index (κ1) is 23.3. The van der Waals surface area contributed by atoms with Crippen molar-refractivity contribution in [2.45, 2.75) is 77.4 Å². The number of rotatable bonds is 8. The monoisotopic (exact) mass is 448 g/mol. The standard InChI is InChI=1S/C28H36N2O3/c1-3-4-18-33-25-16-14-23(15-17-25)27-28(32)29(24-8-6-5-7-9-24)20-26(31)30(27)19-22-12-10-21(2)11-13-22/h10-17,24,27H,3-9,18-20H2,1-2H3. The quantitative estimate of drug-likeness (QED) is 0.507. The Morgan fingerprint density at radius 3 is 2.30 bits per heavy atom. The van der Waals surface area contributed by atoms with Crippen LogP contribution in [0.3, 0.4) is 0 Å². The Balaban J connectivity index is 1.60. The summed E-state index contributed by atoms with van der Waals surface area (Å²) >= 11 is 0. The molecule has 1 heterocycles. The number of piperazine rings is 1. The Hall–Kier alpha value is -2.82. The van der Waals surface area contributed by atoms with E-state index in [1.54, 1.807) is 4.90 Å². The summed E-state index contributed by atoms with van der Waals surface area (Å²) in [5, 5.41) is 0. The lowest BCUT2D eigenvalue weighted by Gasteiger charge is -2.44. The summed E-state index contributed by atoms with van der Waals surface area (Å²) < 4.78 is 5.81. The van der Waals surface area contributed by atoms with Gasteiger partial charge in [-0.1, -0.05) is 74.6 Å². The van der Waals surface area contributed by atoms with Gasteiger partial charge in [0.05, 0.1) is 6.61 Å². The van der Waals surface area contributed by atoms with E-state index in [0.717, 1.165) is 55.4 Å². The van der Waals surface area contributed by atoms with Crippen molar-refractivity contribution in [3.8, 4) is 5.75 Å². The van der Waals surface area contributed by atoms with Crippen molar-refractivity contribution in [3.05, 3.63) is 65.2 Å². The van der Waals surface area contributed by atoms with E-state index in [-0.39, 0.29) is 24.4 Å². The minimum Gasteiger partial charge on any atom is -0.494 e. The minimum atomic E-state index is -0.598. The molecule has 0 N–H and O–H groups in total. The molecule has 0 bridgehead atoms. The number of hydrogen-bond acceptors (Lipinski definition) is 3. The second kappa shape index (κ2) is 10.9. The Morgan fingerprint density at radius 2 is 1.64 bits per heavy atom. The van der Waals surface area contributed by atoms with Crippen LogP contribution in [0.2, 0.25) is 0 Å². The molecule has 1 aliphatic heterocycles. The molecule has 5 nitrogen and oxygen atoms in total. The molecule has 1 saturated heterocycles. The van der Waals surface area contributed by atoms with Gasteiger partial charge in [0.25, 0.3) is 5.91 Å². The molecule has 1 unspecified atom stereocenters. The van der Waals surface area contributed by atoms with Gasteiger partial charge in [-0.05, 0) is 49.4 Å². The normalized spacial score (nSPS) is 19.8. The van der Waals surface area contributed by atoms with Crippen molar-refractivity contribution < 1.29 is 14.3 Å². The molecule has 1 aliphatic carbocycles. The average molecular weight is 449 g/mol. The van der Waals surface area contributed by atoms with Gasteiger partial charge in [0.1, 0.15) is 18.3 Å². The number of carbonyl (C=O) groups excluding carboxylic acids is 2. The SMILES string of the molecule is CCCCOc1ccc(C2C(=O)N(C3CCCCC3)CC(=O)N2Cc2ccc(C)cc2)cc1. The van der Waals surface area contributed by atoms with Gasteiger partial charge in [-0.2, -0.15) is 0 Å². The van der Waals surface area contributed by atoms with Crippen LogP contribution in [0, 0.1) is 6.92 Å². The maximum Gasteiger partial charge on any atom is 0.250 e. The van der Waals surface area contributed by atoms with Crippen molar-refractivity contribution >= 4 is 11.8 Å². The lowest BCUT2D eigenvalue weighted by molar-refractivity contribution is -0.160. The molecule has 4 rings (SSSR count). The zero-order valence-corrected chi connectivity index (χ0v) is 20.0. The summed E-state index contributed by atoms with van der Waals surface area (Å²) in [6.07, 6.45) is 7.56. The summed E-state index contributed by atoms with van der Waals surface area (Å²) in [5.41, 5.74) is 3.07. The molecule has 1 atom stereocenters. The summed E-state index contributed by atoms with van der Waals surface area (Å²) in [4.78, 5) is 30.8. The van der Waals surface area contributed by atoms with Gasteiger partial charge in [0, 0.05) is 12.6 Å². The van der Waals surface area contributed by atoms with E-state index in [0.29, 0.717) is 13.2 Å². The number of nitrogens with zero attached hydrogens (tertiary/aromatic N) is 2. The fourth-order valence-corrected chi connectivity index (χ4v) is 4.92. The molecule has 0 radical (unpaired) electrons. The largest absolute Gasteiger partial charge is 0.494 e. The second-order valence-corrected chi connectivity index (χ2v) is 9.44. The van der Waals surface area contributed by atoms with Gasteiger partial charge in [0.2, 0.25) is 5.91 Å². The lowest BCUT2D eigenvalue weighted by atomic mass is 9.91. The number of amides is 2. The fourth-order valence-electron chi connectivity index (χ4n) is 4.92. The molecule has 176 valence electrons. The second-order valence-electron chi connectivity index (χ2n) is 9.44.